The van der Waals surface area contributed by atoms with E-state index in [1.165, 1.54) is 0 Å². The average molecular weight is 288 g/mol. The van der Waals surface area contributed by atoms with Gasteiger partial charge in [0.25, 0.3) is 0 Å². The van der Waals surface area contributed by atoms with E-state index >= 15 is 0 Å². The van der Waals surface area contributed by atoms with Gasteiger partial charge in [0.05, 0.1) is 4.47 Å². The molecule has 0 amide bonds. The fraction of sp³-hybridized carbons (Fsp3) is 0.538. The molecule has 1 aromatic rings. The van der Waals surface area contributed by atoms with Crippen molar-refractivity contribution in [3.8, 4) is 0 Å². The van der Waals surface area contributed by atoms with Gasteiger partial charge < -0.3 is 5.32 Å². The molecule has 1 nitrogen and oxygen atoms in total. The first-order valence-corrected chi connectivity index (χ1v) is 6.47. The van der Waals surface area contributed by atoms with Gasteiger partial charge in [0, 0.05) is 11.7 Å². The molecule has 1 atom stereocenters. The molecule has 0 aliphatic rings. The van der Waals surface area contributed by atoms with Crippen molar-refractivity contribution < 1.29 is 4.39 Å². The number of hydrogen-bond donors (Lipinski definition) is 1. The topological polar surface area (TPSA) is 12.0 Å². The number of rotatable bonds is 4. The van der Waals surface area contributed by atoms with E-state index in [0.717, 1.165) is 17.7 Å². The van der Waals surface area contributed by atoms with Crippen LogP contribution >= 0.6 is 15.9 Å². The van der Waals surface area contributed by atoms with Crippen LogP contribution in [-0.2, 0) is 0 Å². The lowest BCUT2D eigenvalue weighted by Crippen LogP contribution is -2.25. The number of benzene rings is 1. The van der Waals surface area contributed by atoms with Gasteiger partial charge >= 0.3 is 0 Å². The van der Waals surface area contributed by atoms with Gasteiger partial charge in [-0.25, -0.2) is 4.39 Å². The molecule has 1 rings (SSSR count). The summed E-state index contributed by atoms with van der Waals surface area (Å²) in [6.45, 7) is 8.47. The highest BCUT2D eigenvalue weighted by Crippen LogP contribution is 2.25. The zero-order valence-electron chi connectivity index (χ0n) is 10.3. The smallest absolute Gasteiger partial charge is 0.139 e. The first kappa shape index (κ1) is 13.5. The summed E-state index contributed by atoms with van der Waals surface area (Å²) in [5, 5.41) is 3.40. The molecule has 0 aromatic heterocycles. The third kappa shape index (κ3) is 3.21. The minimum absolute atomic E-state index is 0.216. The third-order valence-corrected chi connectivity index (χ3v) is 3.46. The Balaban J connectivity index is 2.92. The van der Waals surface area contributed by atoms with Gasteiger partial charge in [0.15, 0.2) is 0 Å². The normalized spacial score (nSPS) is 12.9. The lowest BCUT2D eigenvalue weighted by atomic mass is 10.0. The summed E-state index contributed by atoms with van der Waals surface area (Å²) in [6, 6.07) is 3.76. The number of aryl methyl sites for hydroxylation is 1. The van der Waals surface area contributed by atoms with Crippen molar-refractivity contribution in [3.05, 3.63) is 28.0 Å². The van der Waals surface area contributed by atoms with E-state index in [4.69, 9.17) is 0 Å². The largest absolute Gasteiger partial charge is 0.382 e. The Morgan fingerprint density at radius 3 is 2.50 bits per heavy atom. The summed E-state index contributed by atoms with van der Waals surface area (Å²) >= 11 is 3.19. The van der Waals surface area contributed by atoms with Crippen molar-refractivity contribution in [2.24, 2.45) is 5.92 Å². The van der Waals surface area contributed by atoms with Crippen LogP contribution in [0.3, 0.4) is 0 Å². The molecule has 0 aliphatic carbocycles. The summed E-state index contributed by atoms with van der Waals surface area (Å²) in [4.78, 5) is 0. The van der Waals surface area contributed by atoms with E-state index in [1.54, 1.807) is 6.07 Å². The zero-order chi connectivity index (χ0) is 12.3. The second kappa shape index (κ2) is 5.67. The molecule has 3 heteroatoms. The molecule has 0 bridgehead atoms. The predicted molar refractivity (Wildman–Crippen MR) is 71.4 cm³/mol. The van der Waals surface area contributed by atoms with Crippen LogP contribution in [-0.4, -0.2) is 6.04 Å². The van der Waals surface area contributed by atoms with E-state index in [9.17, 15) is 4.39 Å². The van der Waals surface area contributed by atoms with Crippen molar-refractivity contribution >= 4 is 21.6 Å². The van der Waals surface area contributed by atoms with Gasteiger partial charge in [-0.2, -0.15) is 0 Å². The second-order valence-corrected chi connectivity index (χ2v) is 5.34. The quantitative estimate of drug-likeness (QED) is 0.843. The maximum Gasteiger partial charge on any atom is 0.139 e. The molecule has 0 aliphatic heterocycles. The molecule has 90 valence electrons. The first-order valence-electron chi connectivity index (χ1n) is 5.67. The molecular weight excluding hydrogens is 269 g/mol. The number of halogens is 2. The van der Waals surface area contributed by atoms with Gasteiger partial charge in [0.1, 0.15) is 5.82 Å². The molecule has 1 N–H and O–H groups in total. The third-order valence-electron chi connectivity index (χ3n) is 2.85. The Kier molecular flexibility index (Phi) is 4.78. The maximum atomic E-state index is 13.4. The molecular formula is C13H19BrFN. The van der Waals surface area contributed by atoms with Gasteiger partial charge in [-0.15, -0.1) is 0 Å². The minimum Gasteiger partial charge on any atom is -0.382 e. The Hall–Kier alpha value is -0.570. The van der Waals surface area contributed by atoms with E-state index in [2.05, 4.69) is 42.0 Å². The fourth-order valence-corrected chi connectivity index (χ4v) is 2.20. The summed E-state index contributed by atoms with van der Waals surface area (Å²) in [6.07, 6.45) is 1.04. The zero-order valence-corrected chi connectivity index (χ0v) is 11.9. The Bertz CT molecular complexity index is 363. The average Bonchev–Trinajstić information content (AvgIpc) is 2.21. The Morgan fingerprint density at radius 1 is 1.38 bits per heavy atom. The molecule has 0 saturated heterocycles. The highest BCUT2D eigenvalue weighted by molar-refractivity contribution is 9.10. The fourth-order valence-electron chi connectivity index (χ4n) is 1.74. The van der Waals surface area contributed by atoms with Crippen LogP contribution < -0.4 is 5.32 Å². The maximum absolute atomic E-state index is 13.4. The number of nitrogens with one attached hydrogen (secondary N) is 1. The molecule has 16 heavy (non-hydrogen) atoms. The summed E-state index contributed by atoms with van der Waals surface area (Å²) < 4.78 is 13.9. The van der Waals surface area contributed by atoms with Gasteiger partial charge in [-0.1, -0.05) is 20.8 Å². The van der Waals surface area contributed by atoms with Crippen molar-refractivity contribution in [2.75, 3.05) is 5.32 Å². The molecule has 0 spiro atoms. The molecule has 0 radical (unpaired) electrons. The number of hydrogen-bond acceptors (Lipinski definition) is 1. The van der Waals surface area contributed by atoms with Crippen molar-refractivity contribution in [3.63, 3.8) is 0 Å². The van der Waals surface area contributed by atoms with Crippen molar-refractivity contribution in [2.45, 2.75) is 40.2 Å². The van der Waals surface area contributed by atoms with E-state index in [0.29, 0.717) is 16.4 Å². The Morgan fingerprint density at radius 2 is 2.00 bits per heavy atom. The minimum atomic E-state index is -0.216. The van der Waals surface area contributed by atoms with Crippen molar-refractivity contribution in [1.82, 2.24) is 0 Å². The van der Waals surface area contributed by atoms with Gasteiger partial charge in [0.2, 0.25) is 0 Å². The number of anilines is 1. The van der Waals surface area contributed by atoms with Gasteiger partial charge in [-0.05, 0) is 52.9 Å². The molecule has 1 unspecified atom stereocenters. The van der Waals surface area contributed by atoms with Crippen LogP contribution in [0.2, 0.25) is 0 Å². The molecule has 0 heterocycles. The predicted octanol–water partition coefficient (Wildman–Crippen LogP) is 4.74. The van der Waals surface area contributed by atoms with Crippen LogP contribution in [0.15, 0.2) is 16.6 Å². The highest BCUT2D eigenvalue weighted by atomic mass is 79.9. The lowest BCUT2D eigenvalue weighted by molar-refractivity contribution is 0.510. The molecule has 1 aromatic carbocycles. The second-order valence-electron chi connectivity index (χ2n) is 4.48. The van der Waals surface area contributed by atoms with E-state index in [1.807, 2.05) is 13.0 Å². The van der Waals surface area contributed by atoms with Crippen LogP contribution in [0.5, 0.6) is 0 Å². The highest BCUT2D eigenvalue weighted by Gasteiger charge is 2.13. The monoisotopic (exact) mass is 287 g/mol. The van der Waals surface area contributed by atoms with Crippen LogP contribution in [0, 0.1) is 18.7 Å². The van der Waals surface area contributed by atoms with Gasteiger partial charge in [-0.3, -0.25) is 0 Å². The van der Waals surface area contributed by atoms with Crippen LogP contribution in [0.1, 0.15) is 32.8 Å². The SMILES string of the molecule is CCC(Nc1cc(F)c(Br)cc1C)C(C)C. The van der Waals surface area contributed by atoms with E-state index < -0.39 is 0 Å². The van der Waals surface area contributed by atoms with E-state index in [-0.39, 0.29) is 5.82 Å². The van der Waals surface area contributed by atoms with Crippen LogP contribution in [0.25, 0.3) is 0 Å². The van der Waals surface area contributed by atoms with Crippen LogP contribution in [0.4, 0.5) is 10.1 Å². The first-order chi connectivity index (χ1) is 7.45. The summed E-state index contributed by atoms with van der Waals surface area (Å²) in [7, 11) is 0. The summed E-state index contributed by atoms with van der Waals surface area (Å²) in [5.41, 5.74) is 1.95. The lowest BCUT2D eigenvalue weighted by Gasteiger charge is -2.23. The standard InChI is InChI=1S/C13H19BrFN/c1-5-12(8(2)3)16-13-7-11(15)10(14)6-9(13)4/h6-8,12,16H,5H2,1-4H3. The summed E-state index contributed by atoms with van der Waals surface area (Å²) in [5.74, 6) is 0.322. The molecule has 0 saturated carbocycles. The molecule has 0 fully saturated rings. The van der Waals surface area contributed by atoms with Crippen molar-refractivity contribution in [1.29, 1.82) is 0 Å². The Labute approximate surface area is 106 Å².